The summed E-state index contributed by atoms with van der Waals surface area (Å²) < 4.78 is 51.3. The summed E-state index contributed by atoms with van der Waals surface area (Å²) in [4.78, 5) is 18.8. The lowest BCUT2D eigenvalue weighted by Crippen LogP contribution is -2.46. The quantitative estimate of drug-likeness (QED) is 0.0808. The van der Waals surface area contributed by atoms with Crippen molar-refractivity contribution in [3.05, 3.63) is 47.7 Å². The summed E-state index contributed by atoms with van der Waals surface area (Å²) in [7, 11) is -0.747. The van der Waals surface area contributed by atoms with Crippen LogP contribution in [0.3, 0.4) is 0 Å². The second-order valence-corrected chi connectivity index (χ2v) is 23.6. The lowest BCUT2D eigenvalue weighted by molar-refractivity contribution is 0.0447. The second kappa shape index (κ2) is 16.4. The van der Waals surface area contributed by atoms with Gasteiger partial charge >= 0.3 is 6.01 Å². The zero-order valence-corrected chi connectivity index (χ0v) is 36.0. The lowest BCUT2D eigenvalue weighted by atomic mass is 9.94. The number of halogens is 2. The Bertz CT molecular complexity index is 2150. The first-order chi connectivity index (χ1) is 27.2. The molecule has 306 valence electrons. The minimum atomic E-state index is -2.28. The maximum atomic E-state index is 17.6. The third kappa shape index (κ3) is 8.36. The summed E-state index contributed by atoms with van der Waals surface area (Å²) in [6.45, 7) is 19.7. The predicted molar refractivity (Wildman–Crippen MR) is 226 cm³/mol. The number of piperidine rings is 1. The second-order valence-electron chi connectivity index (χ2n) is 18.0. The monoisotopic (exact) mass is 799 g/mol. The van der Waals surface area contributed by atoms with Crippen LogP contribution in [0.2, 0.25) is 16.6 Å². The van der Waals surface area contributed by atoms with Gasteiger partial charge in [0.05, 0.1) is 23.2 Å². The van der Waals surface area contributed by atoms with Crippen LogP contribution in [0, 0.1) is 28.5 Å². The molecule has 1 aliphatic carbocycles. The van der Waals surface area contributed by atoms with E-state index in [9.17, 15) is 5.11 Å². The van der Waals surface area contributed by atoms with E-state index in [1.165, 1.54) is 26.0 Å². The van der Waals surface area contributed by atoms with E-state index in [0.29, 0.717) is 76.0 Å². The number of aliphatic hydroxyl groups is 1. The molecule has 0 spiro atoms. The lowest BCUT2D eigenvalue weighted by Gasteiger charge is -2.38. The van der Waals surface area contributed by atoms with Crippen LogP contribution < -0.4 is 14.4 Å². The Morgan fingerprint density at radius 1 is 0.930 bits per heavy atom. The molecule has 3 fully saturated rings. The maximum Gasteiger partial charge on any atom is 0.319 e. The number of benzene rings is 2. The SMILES string of the molecule is COCOc1cc(-c2ncc3c(N4CCC[C@@](C)(O)C4)nc(OCC4(CN5CCCC5)CC4)nc3c2F)c2c(C#C[Si](C(C)C)(C(C)C)C(C)C)c(F)ccc2c1. The van der Waals surface area contributed by atoms with Gasteiger partial charge in [-0.3, -0.25) is 4.98 Å². The number of likely N-dealkylation sites (tertiary alicyclic amines) is 1. The number of methoxy groups -OCH3 is 1. The van der Waals surface area contributed by atoms with Gasteiger partial charge in [-0.2, -0.15) is 9.97 Å². The largest absolute Gasteiger partial charge is 0.468 e. The van der Waals surface area contributed by atoms with Gasteiger partial charge in [0, 0.05) is 49.3 Å². The smallest absolute Gasteiger partial charge is 0.319 e. The van der Waals surface area contributed by atoms with Gasteiger partial charge in [0.1, 0.15) is 36.7 Å². The van der Waals surface area contributed by atoms with E-state index in [0.717, 1.165) is 38.9 Å². The summed E-state index contributed by atoms with van der Waals surface area (Å²) in [5.74, 6) is 3.05. The fraction of sp³-hybridized carbons (Fsp3) is 0.578. The minimum absolute atomic E-state index is 0.0157. The Balaban J connectivity index is 1.40. The van der Waals surface area contributed by atoms with Crippen molar-refractivity contribution in [1.29, 1.82) is 0 Å². The molecule has 0 unspecified atom stereocenters. The first-order valence-electron chi connectivity index (χ1n) is 20.8. The van der Waals surface area contributed by atoms with Crippen LogP contribution in [-0.2, 0) is 4.74 Å². The molecule has 1 atom stereocenters. The Labute approximate surface area is 337 Å². The fourth-order valence-corrected chi connectivity index (χ4v) is 14.8. The summed E-state index contributed by atoms with van der Waals surface area (Å²) >= 11 is 0. The number of ether oxygens (including phenoxy) is 3. The van der Waals surface area contributed by atoms with Gasteiger partial charge in [-0.15, -0.1) is 5.54 Å². The fourth-order valence-electron chi connectivity index (χ4n) is 9.61. The summed E-state index contributed by atoms with van der Waals surface area (Å²) in [6, 6.07) is 6.64. The predicted octanol–water partition coefficient (Wildman–Crippen LogP) is 9.28. The zero-order chi connectivity index (χ0) is 40.7. The Morgan fingerprint density at radius 3 is 2.30 bits per heavy atom. The first kappa shape index (κ1) is 41.3. The maximum absolute atomic E-state index is 17.6. The van der Waals surface area contributed by atoms with Gasteiger partial charge in [-0.25, -0.2) is 8.78 Å². The molecule has 12 heteroatoms. The number of nitrogens with zero attached hydrogens (tertiary/aromatic N) is 5. The Kier molecular flexibility index (Phi) is 11.9. The zero-order valence-electron chi connectivity index (χ0n) is 35.0. The molecule has 4 aromatic rings. The van der Waals surface area contributed by atoms with Crippen LogP contribution in [-0.4, -0.2) is 91.9 Å². The average molecular weight is 800 g/mol. The molecule has 2 aromatic heterocycles. The molecular formula is C45H59F2N5O4Si. The molecule has 4 heterocycles. The Morgan fingerprint density at radius 2 is 1.65 bits per heavy atom. The van der Waals surface area contributed by atoms with Crippen LogP contribution >= 0.6 is 0 Å². The van der Waals surface area contributed by atoms with Crippen molar-refractivity contribution in [2.24, 2.45) is 5.41 Å². The highest BCUT2D eigenvalue weighted by Crippen LogP contribution is 2.47. The van der Waals surface area contributed by atoms with Crippen LogP contribution in [0.4, 0.5) is 14.6 Å². The van der Waals surface area contributed by atoms with E-state index < -0.39 is 25.3 Å². The van der Waals surface area contributed by atoms with Crippen LogP contribution in [0.25, 0.3) is 32.9 Å². The van der Waals surface area contributed by atoms with Gasteiger partial charge in [0.2, 0.25) is 0 Å². The average Bonchev–Trinajstić information content (AvgIpc) is 3.73. The topological polar surface area (TPSA) is 93.1 Å². The molecule has 2 aliphatic heterocycles. The third-order valence-electron chi connectivity index (χ3n) is 12.7. The minimum Gasteiger partial charge on any atom is -0.468 e. The van der Waals surface area contributed by atoms with Gasteiger partial charge in [0.15, 0.2) is 12.6 Å². The van der Waals surface area contributed by atoms with Crippen LogP contribution in [0.5, 0.6) is 11.8 Å². The molecular weight excluding hydrogens is 741 g/mol. The van der Waals surface area contributed by atoms with Crippen molar-refractivity contribution in [2.45, 2.75) is 109 Å². The van der Waals surface area contributed by atoms with Gasteiger partial charge in [-0.05, 0) is 98.7 Å². The van der Waals surface area contributed by atoms with Crippen molar-refractivity contribution in [3.63, 3.8) is 0 Å². The molecule has 57 heavy (non-hydrogen) atoms. The number of rotatable bonds is 13. The van der Waals surface area contributed by atoms with E-state index in [2.05, 4.69) is 57.9 Å². The highest BCUT2D eigenvalue weighted by molar-refractivity contribution is 6.90. The van der Waals surface area contributed by atoms with Gasteiger partial charge < -0.3 is 29.1 Å². The van der Waals surface area contributed by atoms with Crippen molar-refractivity contribution < 1.29 is 28.1 Å². The van der Waals surface area contributed by atoms with Crippen molar-refractivity contribution in [1.82, 2.24) is 19.9 Å². The van der Waals surface area contributed by atoms with Crippen molar-refractivity contribution >= 4 is 35.6 Å². The molecule has 9 nitrogen and oxygen atoms in total. The summed E-state index contributed by atoms with van der Waals surface area (Å²) in [6.07, 6.45) is 7.54. The first-order valence-corrected chi connectivity index (χ1v) is 23.0. The highest BCUT2D eigenvalue weighted by atomic mass is 28.3. The third-order valence-corrected chi connectivity index (χ3v) is 19.0. The van der Waals surface area contributed by atoms with Crippen LogP contribution in [0.1, 0.15) is 92.6 Å². The van der Waals surface area contributed by atoms with Crippen LogP contribution in [0.15, 0.2) is 30.5 Å². The molecule has 0 amide bonds. The van der Waals surface area contributed by atoms with Crippen molar-refractivity contribution in [3.8, 4) is 34.5 Å². The highest BCUT2D eigenvalue weighted by Gasteiger charge is 2.45. The number of aromatic nitrogens is 3. The van der Waals surface area contributed by atoms with Crippen molar-refractivity contribution in [2.75, 3.05) is 58.1 Å². The number of fused-ring (bicyclic) bond motifs is 2. The molecule has 1 N–H and O–H groups in total. The van der Waals surface area contributed by atoms with E-state index >= 15 is 8.78 Å². The molecule has 2 saturated heterocycles. The van der Waals surface area contributed by atoms with E-state index in [1.807, 2.05) is 11.8 Å². The number of pyridine rings is 1. The summed E-state index contributed by atoms with van der Waals surface area (Å²) in [5, 5.41) is 12.6. The normalized spacial score (nSPS) is 19.9. The molecule has 1 saturated carbocycles. The molecule has 3 aliphatic rings. The van der Waals surface area contributed by atoms with Gasteiger partial charge in [-0.1, -0.05) is 53.5 Å². The molecule has 0 bridgehead atoms. The summed E-state index contributed by atoms with van der Waals surface area (Å²) in [5.41, 5.74) is 4.33. The van der Waals surface area contributed by atoms with E-state index in [-0.39, 0.29) is 35.0 Å². The number of anilines is 1. The van der Waals surface area contributed by atoms with E-state index in [4.69, 9.17) is 29.2 Å². The standard InChI is InChI=1S/C45H59F2N5O4Si/c1-29(2)57(30(3)4,31(5)6)21-14-34-37(46)13-12-32-22-33(56-28-54-8)23-35(38(32)34)40-39(47)41-36(24-48-40)42(52-20-11-15-44(7,53)25-52)50-43(49-41)55-27-45(16-17-45)26-51-18-9-10-19-51/h12-13,22-24,29-31,53H,9-11,15-20,25-28H2,1-8H3/t44-/m1/s1. The molecule has 2 aromatic carbocycles. The number of hydrogen-bond donors (Lipinski definition) is 1. The number of β-amino-alcohol motifs (C(OH)–C–C–N with tert-alkyl or cyclic N) is 1. The molecule has 7 rings (SSSR count). The number of hydrogen-bond acceptors (Lipinski definition) is 9. The molecule has 0 radical (unpaired) electrons. The van der Waals surface area contributed by atoms with E-state index in [1.54, 1.807) is 24.4 Å². The van der Waals surface area contributed by atoms with Gasteiger partial charge in [0.25, 0.3) is 0 Å². The Hall–Kier alpha value is -3.89.